The predicted octanol–water partition coefficient (Wildman–Crippen LogP) is 1.51. The van der Waals surface area contributed by atoms with Crippen LogP contribution in [0.5, 0.6) is 0 Å². The van der Waals surface area contributed by atoms with Crippen molar-refractivity contribution in [1.29, 1.82) is 0 Å². The highest BCUT2D eigenvalue weighted by atomic mass is 16.5. The van der Waals surface area contributed by atoms with Crippen molar-refractivity contribution in [1.82, 2.24) is 4.90 Å². The number of ether oxygens (including phenoxy) is 1. The molecule has 1 aliphatic rings. The van der Waals surface area contributed by atoms with Gasteiger partial charge < -0.3 is 9.64 Å². The van der Waals surface area contributed by atoms with E-state index in [-0.39, 0.29) is 17.9 Å². The Hall–Kier alpha value is -1.32. The molecule has 0 aliphatic heterocycles. The molecule has 0 spiro atoms. The number of nitrogens with zero attached hydrogens (tertiary/aromatic N) is 1. The molecule has 1 atom stereocenters. The van der Waals surface area contributed by atoms with Crippen LogP contribution in [-0.2, 0) is 14.3 Å². The van der Waals surface area contributed by atoms with Crippen LogP contribution in [0.4, 0.5) is 0 Å². The SMILES string of the molecule is CCOC(=O)C1=CC[C@H](N(C)C(C)=O)CC1. The standard InChI is InChI=1S/C12H19NO3/c1-4-16-12(15)10-5-7-11(8-6-10)13(3)9(2)14/h5,11H,4,6-8H2,1-3H3/t11-/m0/s1. The van der Waals surface area contributed by atoms with Gasteiger partial charge in [0.2, 0.25) is 5.91 Å². The van der Waals surface area contributed by atoms with Crippen molar-refractivity contribution < 1.29 is 14.3 Å². The number of carbonyl (C=O) groups excluding carboxylic acids is 2. The lowest BCUT2D eigenvalue weighted by Crippen LogP contribution is -2.36. The summed E-state index contributed by atoms with van der Waals surface area (Å²) in [4.78, 5) is 24.3. The highest BCUT2D eigenvalue weighted by molar-refractivity contribution is 5.88. The molecule has 0 aromatic rings. The topological polar surface area (TPSA) is 46.6 Å². The van der Waals surface area contributed by atoms with E-state index in [0.717, 1.165) is 18.4 Å². The van der Waals surface area contributed by atoms with E-state index in [1.165, 1.54) is 0 Å². The second kappa shape index (κ2) is 5.68. The van der Waals surface area contributed by atoms with Gasteiger partial charge in [0.1, 0.15) is 0 Å². The molecule has 1 amide bonds. The lowest BCUT2D eigenvalue weighted by atomic mass is 9.94. The minimum absolute atomic E-state index is 0.0676. The molecule has 0 radical (unpaired) electrons. The lowest BCUT2D eigenvalue weighted by molar-refractivity contribution is -0.138. The smallest absolute Gasteiger partial charge is 0.333 e. The van der Waals surface area contributed by atoms with E-state index in [1.807, 2.05) is 6.08 Å². The summed E-state index contributed by atoms with van der Waals surface area (Å²) in [5, 5.41) is 0. The molecule has 1 rings (SSSR count). The number of rotatable bonds is 3. The molecule has 0 heterocycles. The van der Waals surface area contributed by atoms with Crippen LogP contribution in [0.3, 0.4) is 0 Å². The normalized spacial score (nSPS) is 19.9. The fraction of sp³-hybridized carbons (Fsp3) is 0.667. The lowest BCUT2D eigenvalue weighted by Gasteiger charge is -2.29. The second-order valence-electron chi connectivity index (χ2n) is 4.01. The van der Waals surface area contributed by atoms with Gasteiger partial charge >= 0.3 is 5.97 Å². The van der Waals surface area contributed by atoms with Crippen molar-refractivity contribution >= 4 is 11.9 Å². The van der Waals surface area contributed by atoms with Crippen LogP contribution in [0.2, 0.25) is 0 Å². The van der Waals surface area contributed by atoms with E-state index in [1.54, 1.807) is 25.8 Å². The summed E-state index contributed by atoms with van der Waals surface area (Å²) in [5.74, 6) is -0.149. The molecule has 16 heavy (non-hydrogen) atoms. The van der Waals surface area contributed by atoms with Gasteiger partial charge in [-0.1, -0.05) is 6.08 Å². The van der Waals surface area contributed by atoms with Crippen LogP contribution < -0.4 is 0 Å². The van der Waals surface area contributed by atoms with Crippen molar-refractivity contribution in [3.63, 3.8) is 0 Å². The first-order valence-corrected chi connectivity index (χ1v) is 5.65. The van der Waals surface area contributed by atoms with Crippen LogP contribution in [0, 0.1) is 0 Å². The molecule has 0 aromatic heterocycles. The molecule has 0 fully saturated rings. The Morgan fingerprint density at radius 2 is 2.25 bits per heavy atom. The van der Waals surface area contributed by atoms with Crippen LogP contribution >= 0.6 is 0 Å². The maximum Gasteiger partial charge on any atom is 0.333 e. The van der Waals surface area contributed by atoms with E-state index in [9.17, 15) is 9.59 Å². The molecule has 4 nitrogen and oxygen atoms in total. The molecule has 0 saturated carbocycles. The Morgan fingerprint density at radius 1 is 1.56 bits per heavy atom. The van der Waals surface area contributed by atoms with Crippen molar-refractivity contribution in [3.05, 3.63) is 11.6 Å². The first-order chi connectivity index (χ1) is 7.56. The molecule has 0 N–H and O–H groups in total. The Kier molecular flexibility index (Phi) is 4.52. The Morgan fingerprint density at radius 3 is 2.69 bits per heavy atom. The zero-order valence-corrected chi connectivity index (χ0v) is 10.2. The molecule has 0 unspecified atom stereocenters. The van der Waals surface area contributed by atoms with Gasteiger partial charge in [-0.15, -0.1) is 0 Å². The van der Waals surface area contributed by atoms with Gasteiger partial charge in [-0.05, 0) is 26.2 Å². The Labute approximate surface area is 96.3 Å². The minimum atomic E-state index is -0.216. The van der Waals surface area contributed by atoms with Crippen LogP contribution in [0.1, 0.15) is 33.1 Å². The molecular weight excluding hydrogens is 206 g/mol. The maximum atomic E-state index is 11.4. The van der Waals surface area contributed by atoms with E-state index < -0.39 is 0 Å². The maximum absolute atomic E-state index is 11.4. The second-order valence-corrected chi connectivity index (χ2v) is 4.01. The van der Waals surface area contributed by atoms with E-state index in [2.05, 4.69) is 0 Å². The third kappa shape index (κ3) is 3.08. The Bertz CT molecular complexity index is 309. The summed E-state index contributed by atoms with van der Waals surface area (Å²) >= 11 is 0. The van der Waals surface area contributed by atoms with Crippen LogP contribution in [0.15, 0.2) is 11.6 Å². The van der Waals surface area contributed by atoms with E-state index >= 15 is 0 Å². The molecular formula is C12H19NO3. The number of amides is 1. The average Bonchev–Trinajstić information content (AvgIpc) is 2.28. The number of hydrogen-bond acceptors (Lipinski definition) is 3. The summed E-state index contributed by atoms with van der Waals surface area (Å²) < 4.78 is 4.94. The van der Waals surface area contributed by atoms with Gasteiger partial charge in [-0.3, -0.25) is 4.79 Å². The first kappa shape index (κ1) is 12.7. The molecule has 4 heteroatoms. The van der Waals surface area contributed by atoms with Gasteiger partial charge in [-0.25, -0.2) is 4.79 Å². The van der Waals surface area contributed by atoms with Crippen molar-refractivity contribution in [2.45, 2.75) is 39.2 Å². The summed E-state index contributed by atoms with van der Waals surface area (Å²) in [7, 11) is 1.80. The highest BCUT2D eigenvalue weighted by Gasteiger charge is 2.23. The van der Waals surface area contributed by atoms with Crippen LogP contribution in [-0.4, -0.2) is 36.5 Å². The predicted molar refractivity (Wildman–Crippen MR) is 60.8 cm³/mol. The fourth-order valence-electron chi connectivity index (χ4n) is 1.84. The molecule has 0 saturated heterocycles. The fourth-order valence-corrected chi connectivity index (χ4v) is 1.84. The molecule has 1 aliphatic carbocycles. The zero-order valence-electron chi connectivity index (χ0n) is 10.2. The van der Waals surface area contributed by atoms with Crippen molar-refractivity contribution in [3.8, 4) is 0 Å². The molecule has 90 valence electrons. The van der Waals surface area contributed by atoms with Crippen LogP contribution in [0.25, 0.3) is 0 Å². The first-order valence-electron chi connectivity index (χ1n) is 5.65. The van der Waals surface area contributed by atoms with Gasteiger partial charge in [0.05, 0.1) is 6.61 Å². The van der Waals surface area contributed by atoms with Gasteiger partial charge in [0.15, 0.2) is 0 Å². The van der Waals surface area contributed by atoms with Crippen molar-refractivity contribution in [2.75, 3.05) is 13.7 Å². The van der Waals surface area contributed by atoms with Gasteiger partial charge in [0.25, 0.3) is 0 Å². The summed E-state index contributed by atoms with van der Waals surface area (Å²) in [6.07, 6.45) is 4.16. The van der Waals surface area contributed by atoms with E-state index in [0.29, 0.717) is 13.0 Å². The highest BCUT2D eigenvalue weighted by Crippen LogP contribution is 2.22. The summed E-state index contributed by atoms with van der Waals surface area (Å²) in [6.45, 7) is 3.77. The number of esters is 1. The Balaban J connectivity index is 2.54. The summed E-state index contributed by atoms with van der Waals surface area (Å²) in [6, 6.07) is 0.218. The zero-order chi connectivity index (χ0) is 12.1. The average molecular weight is 225 g/mol. The van der Waals surface area contributed by atoms with Crippen molar-refractivity contribution in [2.24, 2.45) is 0 Å². The van der Waals surface area contributed by atoms with Gasteiger partial charge in [0, 0.05) is 25.6 Å². The molecule has 0 aromatic carbocycles. The number of carbonyl (C=O) groups is 2. The quantitative estimate of drug-likeness (QED) is 0.684. The third-order valence-corrected chi connectivity index (χ3v) is 2.97. The number of hydrogen-bond donors (Lipinski definition) is 0. The largest absolute Gasteiger partial charge is 0.463 e. The molecule has 0 bridgehead atoms. The summed E-state index contributed by atoms with van der Waals surface area (Å²) in [5.41, 5.74) is 0.745. The third-order valence-electron chi connectivity index (χ3n) is 2.97. The monoisotopic (exact) mass is 225 g/mol. The van der Waals surface area contributed by atoms with E-state index in [4.69, 9.17) is 4.74 Å². The minimum Gasteiger partial charge on any atom is -0.463 e. The van der Waals surface area contributed by atoms with Gasteiger partial charge in [-0.2, -0.15) is 0 Å².